The van der Waals surface area contributed by atoms with Crippen LogP contribution < -0.4 is 5.32 Å². The summed E-state index contributed by atoms with van der Waals surface area (Å²) < 4.78 is 20.9. The molecule has 1 fully saturated rings. The van der Waals surface area contributed by atoms with Gasteiger partial charge < -0.3 is 34.3 Å². The van der Waals surface area contributed by atoms with Gasteiger partial charge in [0.2, 0.25) is 6.41 Å². The smallest absolute Gasteiger partial charge is 0.213 e. The second-order valence-electron chi connectivity index (χ2n) is 5.99. The highest BCUT2D eigenvalue weighted by molar-refractivity contribution is 4.75. The van der Waals surface area contributed by atoms with E-state index in [0.717, 1.165) is 25.7 Å². The maximum atomic E-state index is 9.71. The quantitative estimate of drug-likeness (QED) is 0.102. The SMILES string of the molecule is OOCCOCCO[C@@H](O)NCCCCCCOC1OCCC(O)C1O. The minimum Gasteiger partial charge on any atom is -0.390 e. The number of rotatable bonds is 16. The molecule has 1 aliphatic heterocycles. The molecule has 156 valence electrons. The molecule has 0 radical (unpaired) electrons. The van der Waals surface area contributed by atoms with Crippen LogP contribution in [-0.2, 0) is 23.8 Å². The fourth-order valence-corrected chi connectivity index (χ4v) is 2.38. The highest BCUT2D eigenvalue weighted by Gasteiger charge is 2.31. The third-order valence-corrected chi connectivity index (χ3v) is 3.86. The monoisotopic (exact) mass is 383 g/mol. The molecule has 10 heteroatoms. The zero-order valence-corrected chi connectivity index (χ0v) is 15.1. The first kappa shape index (κ1) is 23.6. The number of hydrogen-bond acceptors (Lipinski definition) is 10. The molecule has 5 N–H and O–H groups in total. The van der Waals surface area contributed by atoms with Crippen LogP contribution in [0.1, 0.15) is 32.1 Å². The molecule has 1 heterocycles. The van der Waals surface area contributed by atoms with Crippen molar-refractivity contribution in [3.05, 3.63) is 0 Å². The fourth-order valence-electron chi connectivity index (χ4n) is 2.38. The molecule has 4 atom stereocenters. The van der Waals surface area contributed by atoms with Crippen LogP contribution in [0, 0.1) is 0 Å². The number of ether oxygens (including phenoxy) is 4. The Hall–Kier alpha value is -0.400. The third-order valence-electron chi connectivity index (χ3n) is 3.86. The summed E-state index contributed by atoms with van der Waals surface area (Å²) in [5.74, 6) is 0. The minimum absolute atomic E-state index is 0.0993. The predicted molar refractivity (Wildman–Crippen MR) is 90.2 cm³/mol. The van der Waals surface area contributed by atoms with Gasteiger partial charge in [-0.2, -0.15) is 0 Å². The van der Waals surface area contributed by atoms with E-state index in [-0.39, 0.29) is 19.8 Å². The van der Waals surface area contributed by atoms with Gasteiger partial charge in [-0.15, -0.1) is 0 Å². The van der Waals surface area contributed by atoms with E-state index < -0.39 is 24.9 Å². The molecule has 26 heavy (non-hydrogen) atoms. The summed E-state index contributed by atoms with van der Waals surface area (Å²) in [6, 6.07) is 0. The molecule has 1 aliphatic rings. The first-order valence-corrected chi connectivity index (χ1v) is 9.11. The van der Waals surface area contributed by atoms with Crippen molar-refractivity contribution < 1.29 is 44.4 Å². The van der Waals surface area contributed by atoms with E-state index in [0.29, 0.717) is 32.8 Å². The van der Waals surface area contributed by atoms with Gasteiger partial charge in [-0.1, -0.05) is 12.8 Å². The number of hydrogen-bond donors (Lipinski definition) is 5. The number of aliphatic hydroxyl groups is 3. The molecule has 0 aromatic rings. The molecular weight excluding hydrogens is 350 g/mol. The average molecular weight is 383 g/mol. The standard InChI is InChI=1S/C16H33NO9/c18-13-5-8-24-15(14(13)19)23-7-4-2-1-3-6-17-16(20)25-11-9-22-10-12-26-21/h13-21H,1-12H2/t13?,14?,15?,16-/m1/s1. The van der Waals surface area contributed by atoms with Gasteiger partial charge in [0.05, 0.1) is 32.5 Å². The lowest BCUT2D eigenvalue weighted by atomic mass is 10.1. The summed E-state index contributed by atoms with van der Waals surface area (Å²) in [7, 11) is 0. The van der Waals surface area contributed by atoms with Crippen LogP contribution >= 0.6 is 0 Å². The van der Waals surface area contributed by atoms with Gasteiger partial charge in [0.1, 0.15) is 12.7 Å². The van der Waals surface area contributed by atoms with Crippen molar-refractivity contribution in [1.29, 1.82) is 0 Å². The highest BCUT2D eigenvalue weighted by Crippen LogP contribution is 2.16. The highest BCUT2D eigenvalue weighted by atomic mass is 17.1. The van der Waals surface area contributed by atoms with Crippen molar-refractivity contribution in [2.75, 3.05) is 46.2 Å². The molecule has 3 unspecified atom stereocenters. The summed E-state index contributed by atoms with van der Waals surface area (Å²) in [5.41, 5.74) is 0. The Labute approximate surface area is 153 Å². The van der Waals surface area contributed by atoms with E-state index in [1.807, 2.05) is 0 Å². The Bertz CT molecular complexity index is 324. The van der Waals surface area contributed by atoms with Crippen molar-refractivity contribution in [1.82, 2.24) is 5.32 Å². The fraction of sp³-hybridized carbons (Fsp3) is 1.00. The van der Waals surface area contributed by atoms with E-state index >= 15 is 0 Å². The Morgan fingerprint density at radius 1 is 1.00 bits per heavy atom. The van der Waals surface area contributed by atoms with Crippen molar-refractivity contribution in [2.45, 2.75) is 57.0 Å². The molecule has 1 rings (SSSR count). The molecule has 10 nitrogen and oxygen atoms in total. The second-order valence-corrected chi connectivity index (χ2v) is 5.99. The Morgan fingerprint density at radius 2 is 1.77 bits per heavy atom. The van der Waals surface area contributed by atoms with Crippen molar-refractivity contribution in [3.63, 3.8) is 0 Å². The largest absolute Gasteiger partial charge is 0.390 e. The van der Waals surface area contributed by atoms with Gasteiger partial charge in [0.15, 0.2) is 6.29 Å². The van der Waals surface area contributed by atoms with E-state index in [1.54, 1.807) is 0 Å². The van der Waals surface area contributed by atoms with Crippen molar-refractivity contribution in [2.24, 2.45) is 0 Å². The van der Waals surface area contributed by atoms with E-state index in [1.165, 1.54) is 0 Å². The topological polar surface area (TPSA) is 139 Å². The van der Waals surface area contributed by atoms with Crippen molar-refractivity contribution >= 4 is 0 Å². The van der Waals surface area contributed by atoms with Gasteiger partial charge in [-0.05, 0) is 25.8 Å². The molecule has 0 aliphatic carbocycles. The normalized spacial score (nSPS) is 24.7. The molecule has 0 spiro atoms. The Morgan fingerprint density at radius 3 is 2.58 bits per heavy atom. The summed E-state index contributed by atoms with van der Waals surface area (Å²) in [6.07, 6.45) is 0.505. The summed E-state index contributed by atoms with van der Waals surface area (Å²) >= 11 is 0. The van der Waals surface area contributed by atoms with Gasteiger partial charge in [-0.25, -0.2) is 4.89 Å². The average Bonchev–Trinajstić information content (AvgIpc) is 2.63. The lowest BCUT2D eigenvalue weighted by Gasteiger charge is -2.31. The van der Waals surface area contributed by atoms with Gasteiger partial charge in [0, 0.05) is 6.61 Å². The number of nitrogens with one attached hydrogen (secondary N) is 1. The van der Waals surface area contributed by atoms with Crippen LogP contribution in [0.25, 0.3) is 0 Å². The van der Waals surface area contributed by atoms with Crippen LogP contribution in [-0.4, -0.2) is 91.7 Å². The minimum atomic E-state index is -1.03. The summed E-state index contributed by atoms with van der Waals surface area (Å²) in [5, 5.41) is 39.7. The van der Waals surface area contributed by atoms with Gasteiger partial charge in [0.25, 0.3) is 0 Å². The molecule has 0 saturated carbocycles. The summed E-state index contributed by atoms with van der Waals surface area (Å²) in [4.78, 5) is 3.85. The van der Waals surface area contributed by atoms with Crippen LogP contribution in [0.2, 0.25) is 0 Å². The Balaban J connectivity index is 1.84. The van der Waals surface area contributed by atoms with Crippen molar-refractivity contribution in [3.8, 4) is 0 Å². The number of aliphatic hydroxyl groups excluding tert-OH is 3. The van der Waals surface area contributed by atoms with Crippen LogP contribution in [0.5, 0.6) is 0 Å². The van der Waals surface area contributed by atoms with E-state index in [9.17, 15) is 15.3 Å². The molecule has 0 aromatic carbocycles. The lowest BCUT2D eigenvalue weighted by Crippen LogP contribution is -2.45. The summed E-state index contributed by atoms with van der Waals surface area (Å²) in [6.45, 7) is 2.38. The second kappa shape index (κ2) is 15.6. The molecular formula is C16H33NO9. The van der Waals surface area contributed by atoms with E-state index in [2.05, 4.69) is 10.2 Å². The Kier molecular flexibility index (Phi) is 14.2. The van der Waals surface area contributed by atoms with Crippen LogP contribution in [0.3, 0.4) is 0 Å². The predicted octanol–water partition coefficient (Wildman–Crippen LogP) is -0.580. The maximum absolute atomic E-state index is 9.71. The first-order chi connectivity index (χ1) is 12.6. The molecule has 0 aromatic heterocycles. The molecule has 0 amide bonds. The van der Waals surface area contributed by atoms with Crippen LogP contribution in [0.15, 0.2) is 0 Å². The maximum Gasteiger partial charge on any atom is 0.213 e. The molecule has 0 bridgehead atoms. The zero-order valence-electron chi connectivity index (χ0n) is 15.1. The van der Waals surface area contributed by atoms with Crippen LogP contribution in [0.4, 0.5) is 0 Å². The van der Waals surface area contributed by atoms with E-state index in [4.69, 9.17) is 24.2 Å². The molecule has 1 saturated heterocycles. The first-order valence-electron chi connectivity index (χ1n) is 9.11. The number of unbranched alkanes of at least 4 members (excludes halogenated alkanes) is 3. The lowest BCUT2D eigenvalue weighted by molar-refractivity contribution is -0.249. The van der Waals surface area contributed by atoms with Gasteiger partial charge >= 0.3 is 0 Å². The third kappa shape index (κ3) is 11.3. The zero-order chi connectivity index (χ0) is 19.0. The van der Waals surface area contributed by atoms with Gasteiger partial charge in [-0.3, -0.25) is 10.6 Å².